The summed E-state index contributed by atoms with van der Waals surface area (Å²) < 4.78 is 11.1. The molecule has 33 heavy (non-hydrogen) atoms. The van der Waals surface area contributed by atoms with E-state index in [2.05, 4.69) is 36.6 Å². The van der Waals surface area contributed by atoms with Crippen LogP contribution in [0, 0.1) is 22.7 Å². The zero-order valence-corrected chi connectivity index (χ0v) is 21.3. The van der Waals surface area contributed by atoms with Gasteiger partial charge in [-0.05, 0) is 49.8 Å². The van der Waals surface area contributed by atoms with Gasteiger partial charge < -0.3 is 9.47 Å². The Morgan fingerprint density at radius 3 is 1.76 bits per heavy atom. The fourth-order valence-corrected chi connectivity index (χ4v) is 2.42. The van der Waals surface area contributed by atoms with Gasteiger partial charge in [0.2, 0.25) is 0 Å². The Balaban J connectivity index is 0.000000511. The maximum Gasteiger partial charge on any atom is 0.348 e. The predicted octanol–water partition coefficient (Wildman–Crippen LogP) is 5.64. The van der Waals surface area contributed by atoms with Gasteiger partial charge in [-0.15, -0.1) is 0 Å². The van der Waals surface area contributed by atoms with E-state index in [1.54, 1.807) is 44.2 Å². The van der Waals surface area contributed by atoms with Crippen LogP contribution in [0.1, 0.15) is 36.2 Å². The number of carbonyl (C=O) groups is 3. The minimum absolute atomic E-state index is 0.00386. The molecule has 0 amide bonds. The fourth-order valence-electron chi connectivity index (χ4n) is 1.89. The number of rotatable bonds is 6. The molecular formula is C24H22Br2N2O5. The first-order chi connectivity index (χ1) is 15.8. The summed E-state index contributed by atoms with van der Waals surface area (Å²) >= 11 is 6.56. The first kappa shape index (κ1) is 29.7. The largest absolute Gasteiger partial charge is 0.465 e. The highest BCUT2D eigenvalue weighted by Gasteiger charge is 2.09. The molecule has 0 aliphatic heterocycles. The molecule has 0 atom stereocenters. The van der Waals surface area contributed by atoms with E-state index in [4.69, 9.17) is 15.3 Å². The minimum atomic E-state index is -0.590. The molecule has 0 fully saturated rings. The smallest absolute Gasteiger partial charge is 0.348 e. The van der Waals surface area contributed by atoms with Crippen molar-refractivity contribution in [3.8, 4) is 12.1 Å². The molecule has 0 bridgehead atoms. The zero-order chi connectivity index (χ0) is 25.1. The van der Waals surface area contributed by atoms with Crippen LogP contribution in [-0.4, -0.2) is 31.4 Å². The highest BCUT2D eigenvalue weighted by molar-refractivity contribution is 9.10. The van der Waals surface area contributed by atoms with Crippen LogP contribution in [0.3, 0.4) is 0 Å². The second kappa shape index (κ2) is 18.3. The summed E-state index contributed by atoms with van der Waals surface area (Å²) in [6, 6.07) is 18.0. The van der Waals surface area contributed by atoms with Gasteiger partial charge in [0, 0.05) is 14.5 Å². The molecule has 7 nitrogen and oxygen atoms in total. The number of nitrogens with zero attached hydrogens (tertiary/aromatic N) is 2. The molecule has 0 radical (unpaired) electrons. The number of benzene rings is 2. The molecule has 2 aromatic rings. The van der Waals surface area contributed by atoms with Crippen molar-refractivity contribution in [3.05, 3.63) is 74.2 Å². The standard InChI is InChI=1S/C12H10BrNO2.C7H5BrO.C5H7NO2/c1-2-16-12(15)10(8-14)7-9-3-5-11(13)6-4-9;8-7-3-1-6(5-9)2-4-7;1-2-8-5(7)3-4-6/h3-7H,2H2,1H3;1-5H;2-3H2,1H3/b10-7+;;. The monoisotopic (exact) mass is 576 g/mol. The Hall–Kier alpha value is -3.27. The van der Waals surface area contributed by atoms with Crippen molar-refractivity contribution in [3.63, 3.8) is 0 Å². The number of hydrogen-bond donors (Lipinski definition) is 0. The molecule has 0 unspecified atom stereocenters. The number of ether oxygens (including phenoxy) is 2. The van der Waals surface area contributed by atoms with Gasteiger partial charge in [-0.3, -0.25) is 9.59 Å². The Morgan fingerprint density at radius 1 is 0.879 bits per heavy atom. The molecule has 0 saturated carbocycles. The van der Waals surface area contributed by atoms with Crippen molar-refractivity contribution in [2.75, 3.05) is 13.2 Å². The Bertz CT molecular complexity index is 1010. The molecule has 0 N–H and O–H groups in total. The number of esters is 2. The summed E-state index contributed by atoms with van der Waals surface area (Å²) in [4.78, 5) is 31.6. The van der Waals surface area contributed by atoms with E-state index in [1.165, 1.54) is 6.08 Å². The van der Waals surface area contributed by atoms with Crippen molar-refractivity contribution < 1.29 is 23.9 Å². The molecule has 0 aliphatic carbocycles. The lowest BCUT2D eigenvalue weighted by molar-refractivity contribution is -0.142. The van der Waals surface area contributed by atoms with Crippen LogP contribution < -0.4 is 0 Å². The third kappa shape index (κ3) is 14.4. The Kier molecular flexibility index (Phi) is 16.5. The van der Waals surface area contributed by atoms with Crippen LogP contribution in [-0.2, 0) is 19.1 Å². The average molecular weight is 578 g/mol. The average Bonchev–Trinajstić information content (AvgIpc) is 2.80. The Labute approximate surface area is 209 Å². The van der Waals surface area contributed by atoms with Crippen LogP contribution >= 0.6 is 31.9 Å². The van der Waals surface area contributed by atoms with Crippen LogP contribution in [0.25, 0.3) is 6.08 Å². The number of nitriles is 2. The second-order valence-electron chi connectivity index (χ2n) is 5.75. The highest BCUT2D eigenvalue weighted by Crippen LogP contribution is 2.13. The zero-order valence-electron chi connectivity index (χ0n) is 18.1. The summed E-state index contributed by atoms with van der Waals surface area (Å²) in [6.07, 6.45) is 2.19. The van der Waals surface area contributed by atoms with Gasteiger partial charge in [-0.2, -0.15) is 10.5 Å². The lowest BCUT2D eigenvalue weighted by Crippen LogP contribution is -2.05. The van der Waals surface area contributed by atoms with E-state index >= 15 is 0 Å². The third-order valence-corrected chi connectivity index (χ3v) is 4.39. The molecule has 0 aromatic heterocycles. The van der Waals surface area contributed by atoms with Gasteiger partial charge in [-0.25, -0.2) is 4.79 Å². The maximum absolute atomic E-state index is 11.3. The molecule has 0 aliphatic rings. The predicted molar refractivity (Wildman–Crippen MR) is 131 cm³/mol. The van der Waals surface area contributed by atoms with Crippen molar-refractivity contribution in [1.29, 1.82) is 10.5 Å². The van der Waals surface area contributed by atoms with E-state index in [0.29, 0.717) is 12.2 Å². The quantitative estimate of drug-likeness (QED) is 0.188. The van der Waals surface area contributed by atoms with Gasteiger partial charge >= 0.3 is 11.9 Å². The van der Waals surface area contributed by atoms with Crippen LogP contribution in [0.15, 0.2) is 63.0 Å². The minimum Gasteiger partial charge on any atom is -0.465 e. The van der Waals surface area contributed by atoms with E-state index in [-0.39, 0.29) is 18.6 Å². The molecule has 2 rings (SSSR count). The first-order valence-corrected chi connectivity index (χ1v) is 11.2. The summed E-state index contributed by atoms with van der Waals surface area (Å²) in [5.74, 6) is -1.04. The Morgan fingerprint density at radius 2 is 1.36 bits per heavy atom. The van der Waals surface area contributed by atoms with E-state index < -0.39 is 11.9 Å². The fraction of sp³-hybridized carbons (Fsp3) is 0.208. The van der Waals surface area contributed by atoms with Crippen LogP contribution in [0.2, 0.25) is 0 Å². The SMILES string of the molecule is CCOC(=O)/C(C#N)=C/c1ccc(Br)cc1.CCOC(=O)CC#N.O=Cc1ccc(Br)cc1. The van der Waals surface area contributed by atoms with Crippen molar-refractivity contribution in [2.24, 2.45) is 0 Å². The van der Waals surface area contributed by atoms with Crippen LogP contribution in [0.4, 0.5) is 0 Å². The van der Waals surface area contributed by atoms with Crippen molar-refractivity contribution >= 4 is 56.2 Å². The van der Waals surface area contributed by atoms with Gasteiger partial charge in [0.1, 0.15) is 24.3 Å². The van der Waals surface area contributed by atoms with Crippen molar-refractivity contribution in [1.82, 2.24) is 0 Å². The summed E-state index contributed by atoms with van der Waals surface area (Å²) in [5, 5.41) is 16.7. The molecule has 9 heteroatoms. The number of aldehydes is 1. The number of hydrogen-bond acceptors (Lipinski definition) is 7. The van der Waals surface area contributed by atoms with Gasteiger partial charge in [-0.1, -0.05) is 56.1 Å². The van der Waals surface area contributed by atoms with E-state index in [9.17, 15) is 14.4 Å². The second-order valence-corrected chi connectivity index (χ2v) is 7.58. The topological polar surface area (TPSA) is 117 Å². The molecule has 0 saturated heterocycles. The molecule has 2 aromatic carbocycles. The normalized spacial score (nSPS) is 9.45. The summed E-state index contributed by atoms with van der Waals surface area (Å²) in [6.45, 7) is 4.01. The van der Waals surface area contributed by atoms with Crippen molar-refractivity contribution in [2.45, 2.75) is 20.3 Å². The molecule has 0 spiro atoms. The first-order valence-electron chi connectivity index (χ1n) is 9.58. The summed E-state index contributed by atoms with van der Waals surface area (Å²) in [5.41, 5.74) is 1.50. The van der Waals surface area contributed by atoms with E-state index in [1.807, 2.05) is 30.3 Å². The van der Waals surface area contributed by atoms with Crippen LogP contribution in [0.5, 0.6) is 0 Å². The van der Waals surface area contributed by atoms with E-state index in [0.717, 1.165) is 20.8 Å². The molecule has 172 valence electrons. The lowest BCUT2D eigenvalue weighted by Gasteiger charge is -1.99. The van der Waals surface area contributed by atoms with Gasteiger partial charge in [0.15, 0.2) is 0 Å². The van der Waals surface area contributed by atoms with Gasteiger partial charge in [0.05, 0.1) is 19.3 Å². The number of halogens is 2. The number of carbonyl (C=O) groups excluding carboxylic acids is 3. The molecule has 0 heterocycles. The lowest BCUT2D eigenvalue weighted by atomic mass is 10.1. The highest BCUT2D eigenvalue weighted by atomic mass is 79.9. The summed E-state index contributed by atoms with van der Waals surface area (Å²) in [7, 11) is 0. The van der Waals surface area contributed by atoms with Gasteiger partial charge in [0.25, 0.3) is 0 Å². The molecular weight excluding hydrogens is 556 g/mol. The maximum atomic E-state index is 11.3. The third-order valence-electron chi connectivity index (χ3n) is 3.33.